The predicted octanol–water partition coefficient (Wildman–Crippen LogP) is 1.95. The van der Waals surface area contributed by atoms with Crippen LogP contribution in [0.25, 0.3) is 0 Å². The molecule has 1 aromatic carbocycles. The molecule has 21 heavy (non-hydrogen) atoms. The molecule has 0 N–H and O–H groups in total. The highest BCUT2D eigenvalue weighted by Crippen LogP contribution is 2.28. The van der Waals surface area contributed by atoms with Gasteiger partial charge in [0.15, 0.2) is 5.69 Å². The number of hydrogen-bond donors (Lipinski definition) is 0. The highest BCUT2D eigenvalue weighted by Gasteiger charge is 2.26. The number of aromatic nitrogens is 2. The van der Waals surface area contributed by atoms with Crippen LogP contribution in [-0.2, 0) is 22.6 Å². The lowest BCUT2D eigenvalue weighted by Gasteiger charge is -2.25. The molecule has 3 rings (SSSR count). The maximum Gasteiger partial charge on any atom is 0.358 e. The summed E-state index contributed by atoms with van der Waals surface area (Å²) in [6, 6.07) is 7.77. The summed E-state index contributed by atoms with van der Waals surface area (Å²) in [4.78, 5) is 15.7. The molecule has 0 spiro atoms. The summed E-state index contributed by atoms with van der Waals surface area (Å²) in [7, 11) is 2.98. The molecule has 1 atom stereocenters. The molecule has 0 saturated heterocycles. The summed E-state index contributed by atoms with van der Waals surface area (Å²) in [5.74, 6) is 0.376. The molecule has 2 heterocycles. The van der Waals surface area contributed by atoms with Gasteiger partial charge in [-0.2, -0.15) is 0 Å². The Morgan fingerprint density at radius 3 is 2.76 bits per heavy atom. The first-order chi connectivity index (χ1) is 10.2. The number of methoxy groups -OCH3 is 2. The van der Waals surface area contributed by atoms with Crippen LogP contribution in [0.3, 0.4) is 0 Å². The number of benzene rings is 1. The van der Waals surface area contributed by atoms with Crippen molar-refractivity contribution in [2.75, 3.05) is 14.2 Å². The zero-order valence-corrected chi connectivity index (χ0v) is 11.9. The average Bonchev–Trinajstić information content (AvgIpc) is 2.97. The minimum absolute atomic E-state index is 0.0666. The van der Waals surface area contributed by atoms with E-state index in [0.29, 0.717) is 18.8 Å². The SMILES string of the molecule is COC(=O)c1ncn2c1CO[C@H](c1ccc(OC)cc1)C2. The number of esters is 1. The van der Waals surface area contributed by atoms with Crippen molar-refractivity contribution in [3.8, 4) is 5.75 Å². The second-order valence-corrected chi connectivity index (χ2v) is 4.76. The lowest BCUT2D eigenvalue weighted by molar-refractivity contribution is 0.00200. The molecular weight excluding hydrogens is 272 g/mol. The third-order valence-electron chi connectivity index (χ3n) is 3.60. The first-order valence-corrected chi connectivity index (χ1v) is 6.60. The Labute approximate surface area is 122 Å². The molecule has 2 aromatic rings. The number of hydrogen-bond acceptors (Lipinski definition) is 5. The maximum atomic E-state index is 11.6. The van der Waals surface area contributed by atoms with Crippen LogP contribution in [0.2, 0.25) is 0 Å². The molecule has 1 aliphatic rings. The zero-order chi connectivity index (χ0) is 14.8. The second kappa shape index (κ2) is 5.57. The Balaban J connectivity index is 1.81. The molecule has 0 bridgehead atoms. The molecule has 1 aliphatic heterocycles. The zero-order valence-electron chi connectivity index (χ0n) is 11.9. The maximum absolute atomic E-state index is 11.6. The number of fused-ring (bicyclic) bond motifs is 1. The molecule has 0 radical (unpaired) electrons. The predicted molar refractivity (Wildman–Crippen MR) is 74.1 cm³/mol. The van der Waals surface area contributed by atoms with E-state index in [0.717, 1.165) is 17.0 Å². The summed E-state index contributed by atoms with van der Waals surface area (Å²) in [6.45, 7) is 0.951. The Morgan fingerprint density at radius 2 is 2.10 bits per heavy atom. The van der Waals surface area contributed by atoms with Gasteiger partial charge in [-0.05, 0) is 17.7 Å². The summed E-state index contributed by atoms with van der Waals surface area (Å²) in [6.07, 6.45) is 1.59. The van der Waals surface area contributed by atoms with Gasteiger partial charge in [0.1, 0.15) is 11.9 Å². The summed E-state index contributed by atoms with van der Waals surface area (Å²) in [5.41, 5.74) is 2.15. The minimum atomic E-state index is -0.435. The van der Waals surface area contributed by atoms with Gasteiger partial charge in [-0.3, -0.25) is 0 Å². The summed E-state index contributed by atoms with van der Waals surface area (Å²) < 4.78 is 17.6. The molecule has 0 fully saturated rings. The van der Waals surface area contributed by atoms with Crippen molar-refractivity contribution in [1.29, 1.82) is 0 Å². The van der Waals surface area contributed by atoms with E-state index in [1.54, 1.807) is 13.4 Å². The van der Waals surface area contributed by atoms with Crippen LogP contribution in [0.1, 0.15) is 27.8 Å². The molecule has 6 nitrogen and oxygen atoms in total. The highest BCUT2D eigenvalue weighted by molar-refractivity contribution is 5.88. The van der Waals surface area contributed by atoms with Crippen molar-refractivity contribution in [1.82, 2.24) is 9.55 Å². The van der Waals surface area contributed by atoms with Gasteiger partial charge in [-0.15, -0.1) is 0 Å². The molecule has 6 heteroatoms. The number of rotatable bonds is 3. The van der Waals surface area contributed by atoms with E-state index in [4.69, 9.17) is 14.2 Å². The third-order valence-corrected chi connectivity index (χ3v) is 3.60. The Morgan fingerprint density at radius 1 is 1.33 bits per heavy atom. The monoisotopic (exact) mass is 288 g/mol. The van der Waals surface area contributed by atoms with E-state index >= 15 is 0 Å². The molecule has 1 aromatic heterocycles. The normalized spacial score (nSPS) is 17.1. The Kier molecular flexibility index (Phi) is 3.62. The topological polar surface area (TPSA) is 62.6 Å². The van der Waals surface area contributed by atoms with Crippen molar-refractivity contribution >= 4 is 5.97 Å². The fourth-order valence-corrected chi connectivity index (χ4v) is 2.41. The van der Waals surface area contributed by atoms with Gasteiger partial charge in [0.2, 0.25) is 0 Å². The molecule has 0 aliphatic carbocycles. The lowest BCUT2D eigenvalue weighted by Crippen LogP contribution is -2.22. The van der Waals surface area contributed by atoms with Crippen molar-refractivity contribution in [2.45, 2.75) is 19.3 Å². The van der Waals surface area contributed by atoms with Crippen LogP contribution < -0.4 is 4.74 Å². The first-order valence-electron chi connectivity index (χ1n) is 6.60. The molecule has 110 valence electrons. The van der Waals surface area contributed by atoms with E-state index in [1.807, 2.05) is 28.8 Å². The van der Waals surface area contributed by atoms with Gasteiger partial charge >= 0.3 is 5.97 Å². The van der Waals surface area contributed by atoms with Crippen LogP contribution in [0.5, 0.6) is 5.75 Å². The largest absolute Gasteiger partial charge is 0.497 e. The van der Waals surface area contributed by atoms with Crippen molar-refractivity contribution in [3.05, 3.63) is 47.5 Å². The number of carbonyl (C=O) groups excluding carboxylic acids is 1. The van der Waals surface area contributed by atoms with E-state index in [-0.39, 0.29) is 6.10 Å². The fraction of sp³-hybridized carbons (Fsp3) is 0.333. The van der Waals surface area contributed by atoms with Crippen LogP contribution in [0.4, 0.5) is 0 Å². The molecule has 0 unspecified atom stereocenters. The third kappa shape index (κ3) is 2.50. The van der Waals surface area contributed by atoms with Crippen LogP contribution in [0.15, 0.2) is 30.6 Å². The lowest BCUT2D eigenvalue weighted by atomic mass is 10.1. The van der Waals surface area contributed by atoms with E-state index in [1.165, 1.54) is 7.11 Å². The van der Waals surface area contributed by atoms with Gasteiger partial charge in [0.25, 0.3) is 0 Å². The summed E-state index contributed by atoms with van der Waals surface area (Å²) in [5, 5.41) is 0. The minimum Gasteiger partial charge on any atom is -0.497 e. The second-order valence-electron chi connectivity index (χ2n) is 4.76. The van der Waals surface area contributed by atoms with E-state index in [9.17, 15) is 4.79 Å². The van der Waals surface area contributed by atoms with Gasteiger partial charge < -0.3 is 18.8 Å². The fourth-order valence-electron chi connectivity index (χ4n) is 2.41. The van der Waals surface area contributed by atoms with Gasteiger partial charge in [0.05, 0.1) is 39.4 Å². The quantitative estimate of drug-likeness (QED) is 0.808. The molecule has 0 amide bonds. The van der Waals surface area contributed by atoms with Crippen LogP contribution >= 0.6 is 0 Å². The number of ether oxygens (including phenoxy) is 3. The molecule has 0 saturated carbocycles. The van der Waals surface area contributed by atoms with Crippen molar-refractivity contribution in [2.24, 2.45) is 0 Å². The van der Waals surface area contributed by atoms with Gasteiger partial charge in [-0.1, -0.05) is 12.1 Å². The Hall–Kier alpha value is -2.34. The van der Waals surface area contributed by atoms with Crippen LogP contribution in [0, 0.1) is 0 Å². The van der Waals surface area contributed by atoms with Crippen molar-refractivity contribution < 1.29 is 19.0 Å². The van der Waals surface area contributed by atoms with Crippen LogP contribution in [-0.4, -0.2) is 29.7 Å². The van der Waals surface area contributed by atoms with Crippen molar-refractivity contribution in [3.63, 3.8) is 0 Å². The van der Waals surface area contributed by atoms with Gasteiger partial charge in [-0.25, -0.2) is 9.78 Å². The number of carbonyl (C=O) groups is 1. The van der Waals surface area contributed by atoms with E-state index in [2.05, 4.69) is 4.98 Å². The Bertz CT molecular complexity index is 648. The highest BCUT2D eigenvalue weighted by atomic mass is 16.5. The van der Waals surface area contributed by atoms with Gasteiger partial charge in [0, 0.05) is 0 Å². The standard InChI is InChI=1S/C15H16N2O4/c1-19-11-5-3-10(4-6-11)13-7-17-9-16-14(15(18)20-2)12(17)8-21-13/h3-6,9,13H,7-8H2,1-2H3/t13-/m0/s1. The average molecular weight is 288 g/mol. The first kappa shape index (κ1) is 13.6. The van der Waals surface area contributed by atoms with E-state index < -0.39 is 5.97 Å². The summed E-state index contributed by atoms with van der Waals surface area (Å²) >= 11 is 0. The smallest absolute Gasteiger partial charge is 0.358 e. The number of imidazole rings is 1. The number of nitrogens with zero attached hydrogens (tertiary/aromatic N) is 2. The molecular formula is C15H16N2O4.